The molecule has 1 aromatic heterocycles. The molecule has 0 unspecified atom stereocenters. The van der Waals surface area contributed by atoms with E-state index in [9.17, 15) is 0 Å². The van der Waals surface area contributed by atoms with Crippen molar-refractivity contribution in [3.8, 4) is 0 Å². The normalized spacial score (nSPS) is 9.92. The summed E-state index contributed by atoms with van der Waals surface area (Å²) in [4.78, 5) is 8.00. The zero-order valence-corrected chi connectivity index (χ0v) is 8.06. The second-order valence-corrected chi connectivity index (χ2v) is 3.50. The molecule has 1 rings (SSSR count). The molecule has 70 valence electrons. The molecule has 1 heterocycles. The van der Waals surface area contributed by atoms with Crippen LogP contribution in [-0.4, -0.2) is 15.1 Å². The van der Waals surface area contributed by atoms with Gasteiger partial charge in [0.05, 0.1) is 0 Å². The molecular weight excluding hydrogens is 186 g/mol. The van der Waals surface area contributed by atoms with Crippen LogP contribution < -0.4 is 11.5 Å². The zero-order valence-electron chi connectivity index (χ0n) is 7.24. The summed E-state index contributed by atoms with van der Waals surface area (Å²) < 4.78 is 0. The maximum absolute atomic E-state index is 7.02. The first-order valence-corrected chi connectivity index (χ1v) is 4.63. The van der Waals surface area contributed by atoms with Crippen LogP contribution in [-0.2, 0) is 5.75 Å². The average molecular weight is 197 g/mol. The first-order valence-electron chi connectivity index (χ1n) is 3.64. The van der Waals surface area contributed by atoms with Crippen molar-refractivity contribution in [3.05, 3.63) is 17.6 Å². The summed E-state index contributed by atoms with van der Waals surface area (Å²) in [6, 6.07) is 0. The van der Waals surface area contributed by atoms with Crippen LogP contribution in [0.5, 0.6) is 0 Å². The molecule has 0 spiro atoms. The van der Waals surface area contributed by atoms with E-state index in [-0.39, 0.29) is 5.17 Å². The van der Waals surface area contributed by atoms with Gasteiger partial charge in [0, 0.05) is 17.5 Å². The minimum Gasteiger partial charge on any atom is -0.383 e. The number of aromatic nitrogens is 2. The molecule has 0 aliphatic rings. The minimum absolute atomic E-state index is 0.0694. The molecule has 0 atom stereocenters. The van der Waals surface area contributed by atoms with Crippen molar-refractivity contribution in [2.24, 2.45) is 5.73 Å². The van der Waals surface area contributed by atoms with Gasteiger partial charge in [-0.05, 0) is 6.92 Å². The smallest absolute Gasteiger partial charge is 0.151 e. The van der Waals surface area contributed by atoms with Crippen molar-refractivity contribution in [2.45, 2.75) is 12.7 Å². The highest BCUT2D eigenvalue weighted by Crippen LogP contribution is 2.15. The fourth-order valence-corrected chi connectivity index (χ4v) is 1.31. The van der Waals surface area contributed by atoms with Gasteiger partial charge in [0.15, 0.2) is 5.17 Å². The molecule has 0 saturated heterocycles. The lowest BCUT2D eigenvalue weighted by Crippen LogP contribution is -2.06. The van der Waals surface area contributed by atoms with Gasteiger partial charge in [-0.3, -0.25) is 5.41 Å². The SMILES string of the molecule is Cc1ncc(CSC(=N)N)c(N)n1. The maximum atomic E-state index is 7.02. The van der Waals surface area contributed by atoms with E-state index in [1.54, 1.807) is 13.1 Å². The van der Waals surface area contributed by atoms with Crippen LogP contribution in [0.3, 0.4) is 0 Å². The highest BCUT2D eigenvalue weighted by atomic mass is 32.2. The number of nitrogen functional groups attached to an aromatic ring is 1. The number of nitrogens with one attached hydrogen (secondary N) is 1. The lowest BCUT2D eigenvalue weighted by molar-refractivity contribution is 1.04. The maximum Gasteiger partial charge on any atom is 0.151 e. The predicted molar refractivity (Wildman–Crippen MR) is 54.4 cm³/mol. The summed E-state index contributed by atoms with van der Waals surface area (Å²) >= 11 is 1.21. The van der Waals surface area contributed by atoms with Crippen molar-refractivity contribution >= 4 is 22.7 Å². The molecular formula is C7H11N5S. The Morgan fingerprint density at radius 1 is 1.69 bits per heavy atom. The molecule has 0 aliphatic heterocycles. The van der Waals surface area contributed by atoms with Crippen LogP contribution >= 0.6 is 11.8 Å². The minimum atomic E-state index is 0.0694. The molecule has 0 saturated carbocycles. The van der Waals surface area contributed by atoms with Gasteiger partial charge in [-0.15, -0.1) is 0 Å². The summed E-state index contributed by atoms with van der Waals surface area (Å²) in [6.07, 6.45) is 1.66. The van der Waals surface area contributed by atoms with Crippen LogP contribution in [0.1, 0.15) is 11.4 Å². The number of amidine groups is 1. The summed E-state index contributed by atoms with van der Waals surface area (Å²) in [5.41, 5.74) is 11.6. The summed E-state index contributed by atoms with van der Waals surface area (Å²) in [7, 11) is 0. The number of nitrogens with two attached hydrogens (primary N) is 2. The van der Waals surface area contributed by atoms with E-state index < -0.39 is 0 Å². The van der Waals surface area contributed by atoms with E-state index in [0.29, 0.717) is 17.4 Å². The molecule has 0 fully saturated rings. The molecule has 0 aliphatic carbocycles. The first-order chi connectivity index (χ1) is 6.09. The Kier molecular flexibility index (Phi) is 3.07. The van der Waals surface area contributed by atoms with E-state index in [2.05, 4.69) is 9.97 Å². The van der Waals surface area contributed by atoms with Gasteiger partial charge in [0.2, 0.25) is 0 Å². The highest BCUT2D eigenvalue weighted by molar-refractivity contribution is 8.13. The topological polar surface area (TPSA) is 102 Å². The first kappa shape index (κ1) is 9.79. The molecule has 0 radical (unpaired) electrons. The van der Waals surface area contributed by atoms with E-state index in [1.807, 2.05) is 0 Å². The van der Waals surface area contributed by atoms with Gasteiger partial charge in [0.1, 0.15) is 11.6 Å². The Labute approximate surface area is 80.5 Å². The Morgan fingerprint density at radius 2 is 2.38 bits per heavy atom. The number of rotatable bonds is 2. The van der Waals surface area contributed by atoms with Gasteiger partial charge in [-0.2, -0.15) is 0 Å². The van der Waals surface area contributed by atoms with Crippen molar-refractivity contribution in [1.29, 1.82) is 5.41 Å². The van der Waals surface area contributed by atoms with Gasteiger partial charge in [-0.1, -0.05) is 11.8 Å². The zero-order chi connectivity index (χ0) is 9.84. The third kappa shape index (κ3) is 2.90. The van der Waals surface area contributed by atoms with E-state index in [4.69, 9.17) is 16.9 Å². The molecule has 0 aromatic carbocycles. The van der Waals surface area contributed by atoms with Crippen LogP contribution in [0.2, 0.25) is 0 Å². The molecule has 5 nitrogen and oxygen atoms in total. The van der Waals surface area contributed by atoms with Crippen LogP contribution in [0.4, 0.5) is 5.82 Å². The van der Waals surface area contributed by atoms with E-state index in [1.165, 1.54) is 11.8 Å². The lowest BCUT2D eigenvalue weighted by atomic mass is 10.3. The van der Waals surface area contributed by atoms with Crippen molar-refractivity contribution in [2.75, 3.05) is 5.73 Å². The third-order valence-corrected chi connectivity index (χ3v) is 2.17. The van der Waals surface area contributed by atoms with Gasteiger partial charge >= 0.3 is 0 Å². The molecule has 0 amide bonds. The molecule has 6 heteroatoms. The van der Waals surface area contributed by atoms with Gasteiger partial charge < -0.3 is 11.5 Å². The molecule has 1 aromatic rings. The Morgan fingerprint density at radius 3 is 2.92 bits per heavy atom. The number of thioether (sulfide) groups is 1. The molecule has 0 bridgehead atoms. The number of hydrogen-bond acceptors (Lipinski definition) is 5. The highest BCUT2D eigenvalue weighted by Gasteiger charge is 2.02. The predicted octanol–water partition coefficient (Wildman–Crippen LogP) is 0.494. The van der Waals surface area contributed by atoms with Gasteiger partial charge in [0.25, 0.3) is 0 Å². The fourth-order valence-electron chi connectivity index (χ4n) is 0.779. The van der Waals surface area contributed by atoms with Crippen molar-refractivity contribution < 1.29 is 0 Å². The standard InChI is InChI=1S/C7H11N5S/c1-4-11-2-5(6(8)12-4)3-13-7(9)10/h2H,3H2,1H3,(H3,9,10)(H2,8,11,12). The quantitative estimate of drug-likeness (QED) is 0.473. The van der Waals surface area contributed by atoms with Crippen molar-refractivity contribution in [3.63, 3.8) is 0 Å². The fraction of sp³-hybridized carbons (Fsp3) is 0.286. The monoisotopic (exact) mass is 197 g/mol. The van der Waals surface area contributed by atoms with Crippen LogP contribution in [0.15, 0.2) is 6.20 Å². The number of nitrogens with zero attached hydrogens (tertiary/aromatic N) is 2. The number of aryl methyl sites for hydroxylation is 1. The summed E-state index contributed by atoms with van der Waals surface area (Å²) in [5, 5.41) is 7.08. The second kappa shape index (κ2) is 4.08. The van der Waals surface area contributed by atoms with Crippen LogP contribution in [0.25, 0.3) is 0 Å². The third-order valence-electron chi connectivity index (χ3n) is 1.40. The Bertz CT molecular complexity index is 325. The van der Waals surface area contributed by atoms with Crippen molar-refractivity contribution in [1.82, 2.24) is 9.97 Å². The average Bonchev–Trinajstić information content (AvgIpc) is 2.02. The number of hydrogen-bond donors (Lipinski definition) is 3. The molecule has 5 N–H and O–H groups in total. The summed E-state index contributed by atoms with van der Waals surface area (Å²) in [5.74, 6) is 1.65. The Hall–Kier alpha value is -1.30. The Balaban J connectivity index is 2.72. The largest absolute Gasteiger partial charge is 0.383 e. The molecule has 13 heavy (non-hydrogen) atoms. The number of anilines is 1. The van der Waals surface area contributed by atoms with Crippen LogP contribution in [0, 0.1) is 12.3 Å². The van der Waals surface area contributed by atoms with E-state index in [0.717, 1.165) is 5.56 Å². The second-order valence-electron chi connectivity index (χ2n) is 2.48. The van der Waals surface area contributed by atoms with Gasteiger partial charge in [-0.25, -0.2) is 9.97 Å². The summed E-state index contributed by atoms with van der Waals surface area (Å²) in [6.45, 7) is 1.78. The van der Waals surface area contributed by atoms with E-state index >= 15 is 0 Å². The lowest BCUT2D eigenvalue weighted by Gasteiger charge is -2.03.